The van der Waals surface area contributed by atoms with Gasteiger partial charge in [0, 0.05) is 50.6 Å². The van der Waals surface area contributed by atoms with Crippen LogP contribution in [0.1, 0.15) is 0 Å². The Morgan fingerprint density at radius 2 is 0.877 bits per heavy atom. The van der Waals surface area contributed by atoms with E-state index < -0.39 is 0 Å². The van der Waals surface area contributed by atoms with Crippen molar-refractivity contribution in [2.75, 3.05) is 9.80 Å². The molecule has 0 bridgehead atoms. The average molecular weight is 830 g/mol. The Hall–Kier alpha value is -8.54. The minimum Gasteiger partial charge on any atom is -0.458 e. The number of para-hydroxylation sites is 3. The summed E-state index contributed by atoms with van der Waals surface area (Å²) in [6, 6.07) is 87.4. The van der Waals surface area contributed by atoms with Crippen molar-refractivity contribution >= 4 is 79.0 Å². The lowest BCUT2D eigenvalue weighted by Crippen LogP contribution is -2.59. The highest BCUT2D eigenvalue weighted by atomic mass is 16.5. The first-order chi connectivity index (χ1) is 32.2. The first-order valence-corrected chi connectivity index (χ1v) is 22.3. The van der Waals surface area contributed by atoms with Crippen LogP contribution in [0.3, 0.4) is 0 Å². The van der Waals surface area contributed by atoms with Gasteiger partial charge in [-0.15, -0.1) is 0 Å². The minimum atomic E-state index is -0.0171. The lowest BCUT2D eigenvalue weighted by Gasteiger charge is -2.39. The van der Waals surface area contributed by atoms with Crippen LogP contribution in [0.4, 0.5) is 34.1 Å². The van der Waals surface area contributed by atoms with Crippen LogP contribution in [0.2, 0.25) is 0 Å². The zero-order valence-corrected chi connectivity index (χ0v) is 35.4. The summed E-state index contributed by atoms with van der Waals surface area (Å²) in [5, 5.41) is 2.31. The largest absolute Gasteiger partial charge is 0.458 e. The van der Waals surface area contributed by atoms with Crippen LogP contribution in [0, 0.1) is 0 Å². The molecular weight excluding hydrogens is 789 g/mol. The molecular formula is C60H40BN3O. The van der Waals surface area contributed by atoms with Crippen LogP contribution in [-0.4, -0.2) is 11.3 Å². The molecule has 10 aromatic carbocycles. The highest BCUT2D eigenvalue weighted by Crippen LogP contribution is 2.44. The lowest BCUT2D eigenvalue weighted by molar-refractivity contribution is 0.488. The zero-order chi connectivity index (χ0) is 42.8. The van der Waals surface area contributed by atoms with Gasteiger partial charge in [0.1, 0.15) is 11.5 Å². The molecule has 0 fully saturated rings. The second-order valence-corrected chi connectivity index (χ2v) is 16.9. The standard InChI is InChI=1S/C60H40BN3O/c1-5-16-41(17-6-1)43-28-32-47(33-29-43)62(48-34-30-44(31-35-48)42-18-7-2-8-19-42)49-36-37-50-51-39-59-53(40-57(51)64(56(50)38-49)46-22-11-4-12-23-46)61-52-24-13-14-25-54(52)63(45-20-9-3-10-21-45)55-26-15-27-58(65-59)60(55)61/h1-40H. The van der Waals surface area contributed by atoms with Gasteiger partial charge in [0.2, 0.25) is 0 Å². The van der Waals surface area contributed by atoms with Crippen LogP contribution >= 0.6 is 0 Å². The number of hydrogen-bond donors (Lipinski definition) is 0. The monoisotopic (exact) mass is 829 g/mol. The predicted molar refractivity (Wildman–Crippen MR) is 272 cm³/mol. The van der Waals surface area contributed by atoms with Gasteiger partial charge < -0.3 is 19.1 Å². The van der Waals surface area contributed by atoms with E-state index in [0.717, 1.165) is 72.9 Å². The van der Waals surface area contributed by atoms with E-state index in [-0.39, 0.29) is 6.71 Å². The molecule has 2 aliphatic rings. The molecule has 0 aliphatic carbocycles. The van der Waals surface area contributed by atoms with E-state index >= 15 is 0 Å². The van der Waals surface area contributed by atoms with Gasteiger partial charge in [-0.3, -0.25) is 0 Å². The van der Waals surface area contributed by atoms with Gasteiger partial charge in [-0.2, -0.15) is 0 Å². The maximum atomic E-state index is 7.01. The van der Waals surface area contributed by atoms with E-state index in [1.807, 2.05) is 0 Å². The molecule has 0 saturated heterocycles. The molecule has 0 spiro atoms. The van der Waals surface area contributed by atoms with Crippen LogP contribution in [0.5, 0.6) is 11.5 Å². The summed E-state index contributed by atoms with van der Waals surface area (Å²) in [5.41, 5.74) is 18.4. The summed E-state index contributed by atoms with van der Waals surface area (Å²) < 4.78 is 9.45. The fourth-order valence-electron chi connectivity index (χ4n) is 10.3. The Bertz CT molecular complexity index is 3470. The van der Waals surface area contributed by atoms with Gasteiger partial charge in [0.15, 0.2) is 0 Å². The van der Waals surface area contributed by atoms with Crippen molar-refractivity contribution in [3.8, 4) is 39.4 Å². The summed E-state index contributed by atoms with van der Waals surface area (Å²) in [6.07, 6.45) is 0. The molecule has 0 amide bonds. The van der Waals surface area contributed by atoms with Crippen molar-refractivity contribution < 1.29 is 4.74 Å². The normalized spacial score (nSPS) is 12.4. The molecule has 1 aromatic heterocycles. The summed E-state index contributed by atoms with van der Waals surface area (Å²) in [6.45, 7) is -0.0171. The van der Waals surface area contributed by atoms with Gasteiger partial charge in [-0.1, -0.05) is 152 Å². The van der Waals surface area contributed by atoms with E-state index in [1.54, 1.807) is 0 Å². The maximum Gasteiger partial charge on any atom is 0.256 e. The van der Waals surface area contributed by atoms with Crippen molar-refractivity contribution in [3.63, 3.8) is 0 Å². The van der Waals surface area contributed by atoms with Gasteiger partial charge in [-0.25, -0.2) is 0 Å². The van der Waals surface area contributed by atoms with Crippen molar-refractivity contribution in [1.82, 2.24) is 4.57 Å². The molecule has 3 heterocycles. The molecule has 11 aromatic rings. The maximum absolute atomic E-state index is 7.01. The Kier molecular flexibility index (Phi) is 8.60. The summed E-state index contributed by atoms with van der Waals surface area (Å²) in [5.74, 6) is 1.79. The van der Waals surface area contributed by atoms with E-state index in [2.05, 4.69) is 257 Å². The molecule has 0 N–H and O–H groups in total. The zero-order valence-electron chi connectivity index (χ0n) is 35.4. The Morgan fingerprint density at radius 1 is 0.354 bits per heavy atom. The Labute approximate surface area is 378 Å². The number of hydrogen-bond acceptors (Lipinski definition) is 3. The second-order valence-electron chi connectivity index (χ2n) is 16.9. The minimum absolute atomic E-state index is 0.0171. The fourth-order valence-corrected chi connectivity index (χ4v) is 10.3. The number of benzene rings is 10. The molecule has 0 saturated carbocycles. The summed E-state index contributed by atoms with van der Waals surface area (Å²) in [4.78, 5) is 4.76. The summed E-state index contributed by atoms with van der Waals surface area (Å²) in [7, 11) is 0. The van der Waals surface area contributed by atoms with Crippen LogP contribution in [-0.2, 0) is 0 Å². The van der Waals surface area contributed by atoms with Crippen LogP contribution in [0.15, 0.2) is 243 Å². The topological polar surface area (TPSA) is 20.6 Å². The second kappa shape index (κ2) is 15.1. The number of nitrogens with zero attached hydrogens (tertiary/aromatic N) is 3. The van der Waals surface area contributed by atoms with Gasteiger partial charge in [0.05, 0.1) is 11.0 Å². The van der Waals surface area contributed by atoms with Gasteiger partial charge in [-0.05, 0) is 130 Å². The number of rotatable bonds is 7. The van der Waals surface area contributed by atoms with Crippen molar-refractivity contribution in [2.24, 2.45) is 0 Å². The first kappa shape index (κ1) is 37.1. The third-order valence-corrected chi connectivity index (χ3v) is 13.2. The average Bonchev–Trinajstić information content (AvgIpc) is 3.69. The highest BCUT2D eigenvalue weighted by Gasteiger charge is 2.42. The highest BCUT2D eigenvalue weighted by molar-refractivity contribution is 6.99. The third-order valence-electron chi connectivity index (χ3n) is 13.2. The van der Waals surface area contributed by atoms with Crippen LogP contribution in [0.25, 0.3) is 49.7 Å². The lowest BCUT2D eigenvalue weighted by atomic mass is 9.34. The molecule has 0 atom stereocenters. The van der Waals surface area contributed by atoms with Crippen LogP contribution < -0.4 is 30.9 Å². The van der Waals surface area contributed by atoms with Gasteiger partial charge >= 0.3 is 0 Å². The molecule has 304 valence electrons. The molecule has 4 nitrogen and oxygen atoms in total. The van der Waals surface area contributed by atoms with Crippen molar-refractivity contribution in [3.05, 3.63) is 243 Å². The van der Waals surface area contributed by atoms with E-state index in [1.165, 1.54) is 38.9 Å². The molecule has 0 radical (unpaired) electrons. The number of ether oxygens (including phenoxy) is 1. The van der Waals surface area contributed by atoms with E-state index in [0.29, 0.717) is 0 Å². The number of anilines is 6. The number of fused-ring (bicyclic) bond motifs is 7. The Balaban J connectivity index is 1.01. The Morgan fingerprint density at radius 3 is 1.52 bits per heavy atom. The molecule has 13 rings (SSSR count). The van der Waals surface area contributed by atoms with E-state index in [4.69, 9.17) is 4.74 Å². The van der Waals surface area contributed by atoms with E-state index in [9.17, 15) is 0 Å². The van der Waals surface area contributed by atoms with Gasteiger partial charge in [0.25, 0.3) is 6.71 Å². The molecule has 2 aliphatic heterocycles. The number of aromatic nitrogens is 1. The smallest absolute Gasteiger partial charge is 0.256 e. The van der Waals surface area contributed by atoms with Crippen molar-refractivity contribution in [1.29, 1.82) is 0 Å². The molecule has 0 unspecified atom stereocenters. The molecule has 65 heavy (non-hydrogen) atoms. The van der Waals surface area contributed by atoms with Crippen molar-refractivity contribution in [2.45, 2.75) is 0 Å². The predicted octanol–water partition coefficient (Wildman–Crippen LogP) is 14.0. The first-order valence-electron chi connectivity index (χ1n) is 22.3. The quantitative estimate of drug-likeness (QED) is 0.149. The summed E-state index contributed by atoms with van der Waals surface area (Å²) >= 11 is 0. The third kappa shape index (κ3) is 6.08. The molecule has 5 heteroatoms. The fraction of sp³-hybridized carbons (Fsp3) is 0. The SMILES string of the molecule is c1ccc(-c2ccc(N(c3ccc(-c4ccccc4)cc3)c3ccc4c5cc6c(cc5n(-c5ccccc5)c4c3)B3c4ccccc4N(c4ccccc4)c4cccc(c43)O6)cc2)cc1.